The van der Waals surface area contributed by atoms with Gasteiger partial charge in [-0.3, -0.25) is 9.89 Å². The zero-order valence-electron chi connectivity index (χ0n) is 16.6. The Bertz CT molecular complexity index is 1170. The van der Waals surface area contributed by atoms with E-state index < -0.39 is 0 Å². The van der Waals surface area contributed by atoms with Crippen molar-refractivity contribution in [3.63, 3.8) is 0 Å². The Kier molecular flexibility index (Phi) is 5.63. The minimum Gasteiger partial charge on any atom is -0.495 e. The number of hydrogen-bond donors (Lipinski definition) is 1. The lowest BCUT2D eigenvalue weighted by Crippen LogP contribution is -2.30. The van der Waals surface area contributed by atoms with Crippen LogP contribution in [-0.4, -0.2) is 34.2 Å². The molecule has 0 bridgehead atoms. The second kappa shape index (κ2) is 8.51. The number of aromatic amines is 1. The van der Waals surface area contributed by atoms with Crippen molar-refractivity contribution in [2.75, 3.05) is 18.6 Å². The Morgan fingerprint density at radius 1 is 1.23 bits per heavy atom. The normalized spacial score (nSPS) is 10.9. The van der Waals surface area contributed by atoms with Crippen LogP contribution in [0.5, 0.6) is 11.5 Å². The molecule has 0 saturated carbocycles. The summed E-state index contributed by atoms with van der Waals surface area (Å²) in [7, 11) is 1.55. The number of aromatic nitrogens is 3. The number of ether oxygens (including phenoxy) is 2. The van der Waals surface area contributed by atoms with E-state index in [9.17, 15) is 4.79 Å². The number of hydrogen-bond acceptors (Lipinski definition) is 4. The van der Waals surface area contributed by atoms with Gasteiger partial charge < -0.3 is 14.4 Å². The molecule has 4 rings (SSSR count). The molecule has 2 heterocycles. The number of rotatable bonds is 7. The molecular weight excluding hydrogens is 404 g/mol. The van der Waals surface area contributed by atoms with Crippen LogP contribution in [0.3, 0.4) is 0 Å². The summed E-state index contributed by atoms with van der Waals surface area (Å²) in [6.45, 7) is 2.89. The first-order chi connectivity index (χ1) is 14.6. The van der Waals surface area contributed by atoms with Crippen LogP contribution >= 0.6 is 11.6 Å². The summed E-state index contributed by atoms with van der Waals surface area (Å²) in [6, 6.07) is 13.0. The fourth-order valence-electron chi connectivity index (χ4n) is 3.25. The Balaban J connectivity index is 1.71. The summed E-state index contributed by atoms with van der Waals surface area (Å²) in [5, 5.41) is 3.44. The van der Waals surface area contributed by atoms with Gasteiger partial charge in [0.1, 0.15) is 17.1 Å². The Morgan fingerprint density at radius 3 is 2.73 bits per heavy atom. The average Bonchev–Trinajstić information content (AvgIpc) is 3.37. The molecule has 0 aliphatic rings. The van der Waals surface area contributed by atoms with Crippen LogP contribution in [0.1, 0.15) is 22.8 Å². The zero-order chi connectivity index (χ0) is 21.1. The highest BCUT2D eigenvalue weighted by atomic mass is 35.5. The minimum atomic E-state index is -0.192. The molecule has 154 valence electrons. The third-order valence-corrected chi connectivity index (χ3v) is 5.02. The van der Waals surface area contributed by atoms with Crippen molar-refractivity contribution in [3.8, 4) is 11.5 Å². The molecule has 0 aliphatic carbocycles. The number of amides is 1. The highest BCUT2D eigenvalue weighted by molar-refractivity contribution is 6.32. The first kappa shape index (κ1) is 19.8. The summed E-state index contributed by atoms with van der Waals surface area (Å²) < 4.78 is 12.5. The first-order valence-electron chi connectivity index (χ1n) is 9.48. The Morgan fingerprint density at radius 2 is 2.03 bits per heavy atom. The molecule has 2 aromatic carbocycles. The van der Waals surface area contributed by atoms with Crippen molar-refractivity contribution in [1.29, 1.82) is 0 Å². The maximum Gasteiger partial charge on any atom is 0.263 e. The van der Waals surface area contributed by atoms with Crippen LogP contribution < -0.4 is 14.4 Å². The Labute approximate surface area is 178 Å². The fraction of sp³-hybridized carbons (Fsp3) is 0.182. The van der Waals surface area contributed by atoms with E-state index in [1.165, 1.54) is 0 Å². The van der Waals surface area contributed by atoms with Gasteiger partial charge in [-0.05, 0) is 42.8 Å². The van der Waals surface area contributed by atoms with Crippen molar-refractivity contribution in [1.82, 2.24) is 14.6 Å². The van der Waals surface area contributed by atoms with E-state index in [0.717, 1.165) is 11.3 Å². The fourth-order valence-corrected chi connectivity index (χ4v) is 3.50. The van der Waals surface area contributed by atoms with Gasteiger partial charge in [0.15, 0.2) is 5.65 Å². The highest BCUT2D eigenvalue weighted by Gasteiger charge is 2.23. The van der Waals surface area contributed by atoms with Crippen LogP contribution in [0.4, 0.5) is 5.69 Å². The summed E-state index contributed by atoms with van der Waals surface area (Å²) in [5.41, 5.74) is 2.65. The van der Waals surface area contributed by atoms with Crippen molar-refractivity contribution in [2.45, 2.75) is 13.5 Å². The van der Waals surface area contributed by atoms with Crippen LogP contribution in [-0.2, 0) is 6.54 Å². The second-order valence-corrected chi connectivity index (χ2v) is 7.00. The molecule has 0 radical (unpaired) electrons. The topological polar surface area (TPSA) is 71.9 Å². The number of methoxy groups -OCH3 is 1. The number of anilines is 1. The van der Waals surface area contributed by atoms with E-state index in [1.54, 1.807) is 47.2 Å². The number of carbonyl (C=O) groups is 1. The number of halogens is 1. The van der Waals surface area contributed by atoms with E-state index in [-0.39, 0.29) is 5.91 Å². The molecule has 0 saturated heterocycles. The largest absolute Gasteiger partial charge is 0.495 e. The summed E-state index contributed by atoms with van der Waals surface area (Å²) in [4.78, 5) is 19.5. The van der Waals surface area contributed by atoms with Gasteiger partial charge in [-0.2, -0.15) is 0 Å². The molecule has 8 heteroatoms. The van der Waals surface area contributed by atoms with Crippen molar-refractivity contribution >= 4 is 28.8 Å². The predicted molar refractivity (Wildman–Crippen MR) is 116 cm³/mol. The van der Waals surface area contributed by atoms with Gasteiger partial charge in [0.25, 0.3) is 5.91 Å². The number of H-pyrrole nitrogens is 1. The SMILES string of the molecule is CCOc1ccc(CN(C(=O)c2c[nH]n3ccnc23)c2ccc(OC)c(Cl)c2)cc1. The van der Waals surface area contributed by atoms with Crippen molar-refractivity contribution in [3.05, 3.63) is 77.2 Å². The molecule has 0 unspecified atom stereocenters. The zero-order valence-corrected chi connectivity index (χ0v) is 17.4. The van der Waals surface area contributed by atoms with E-state index in [4.69, 9.17) is 21.1 Å². The second-order valence-electron chi connectivity index (χ2n) is 6.60. The van der Waals surface area contributed by atoms with E-state index in [2.05, 4.69) is 10.1 Å². The lowest BCUT2D eigenvalue weighted by molar-refractivity contribution is 0.0986. The molecule has 30 heavy (non-hydrogen) atoms. The van der Waals surface area contributed by atoms with Gasteiger partial charge in [-0.25, -0.2) is 9.50 Å². The number of carbonyl (C=O) groups excluding carboxylic acids is 1. The number of fused-ring (bicyclic) bond motifs is 1. The van der Waals surface area contributed by atoms with Gasteiger partial charge in [-0.1, -0.05) is 23.7 Å². The maximum absolute atomic E-state index is 13.5. The monoisotopic (exact) mass is 424 g/mol. The molecule has 1 amide bonds. The molecule has 4 aromatic rings. The van der Waals surface area contributed by atoms with E-state index >= 15 is 0 Å². The van der Waals surface area contributed by atoms with E-state index in [1.807, 2.05) is 37.3 Å². The average molecular weight is 425 g/mol. The summed E-state index contributed by atoms with van der Waals surface area (Å²) >= 11 is 6.34. The van der Waals surface area contributed by atoms with Gasteiger partial charge >= 0.3 is 0 Å². The summed E-state index contributed by atoms with van der Waals surface area (Å²) in [6.07, 6.45) is 5.05. The predicted octanol–water partition coefficient (Wildman–Crippen LogP) is 4.57. The number of imidazole rings is 1. The molecule has 0 aliphatic heterocycles. The standard InChI is InChI=1S/C22H21ClN4O3/c1-3-30-17-7-4-15(5-8-17)14-26(16-6-9-20(29-2)19(23)12-16)22(28)18-13-25-27-11-10-24-21(18)27/h4-13,25H,3,14H2,1-2H3. The molecule has 2 aromatic heterocycles. The van der Waals surface area contributed by atoms with Gasteiger partial charge in [0, 0.05) is 24.3 Å². The van der Waals surface area contributed by atoms with Crippen LogP contribution in [0.25, 0.3) is 5.65 Å². The van der Waals surface area contributed by atoms with Gasteiger partial charge in [0.05, 0.1) is 25.3 Å². The molecule has 0 spiro atoms. The first-order valence-corrected chi connectivity index (χ1v) is 9.86. The lowest BCUT2D eigenvalue weighted by Gasteiger charge is -2.23. The number of nitrogens with one attached hydrogen (secondary N) is 1. The van der Waals surface area contributed by atoms with Gasteiger partial charge in [0.2, 0.25) is 0 Å². The molecule has 0 fully saturated rings. The lowest BCUT2D eigenvalue weighted by atomic mass is 10.1. The van der Waals surface area contributed by atoms with Crippen molar-refractivity contribution in [2.24, 2.45) is 0 Å². The molecule has 1 N–H and O–H groups in total. The highest BCUT2D eigenvalue weighted by Crippen LogP contribution is 2.31. The van der Waals surface area contributed by atoms with Crippen LogP contribution in [0.2, 0.25) is 5.02 Å². The molecular formula is C22H21ClN4O3. The maximum atomic E-state index is 13.5. The summed E-state index contributed by atoms with van der Waals surface area (Å²) in [5.74, 6) is 1.14. The smallest absolute Gasteiger partial charge is 0.263 e. The third kappa shape index (κ3) is 3.84. The van der Waals surface area contributed by atoms with E-state index in [0.29, 0.717) is 40.8 Å². The third-order valence-electron chi connectivity index (χ3n) is 4.73. The molecule has 7 nitrogen and oxygen atoms in total. The quantitative estimate of drug-likeness (QED) is 0.471. The Hall–Kier alpha value is -3.45. The van der Waals surface area contributed by atoms with Crippen LogP contribution in [0, 0.1) is 0 Å². The number of benzene rings is 2. The van der Waals surface area contributed by atoms with Gasteiger partial charge in [-0.15, -0.1) is 0 Å². The minimum absolute atomic E-state index is 0.192. The molecule has 0 atom stereocenters. The van der Waals surface area contributed by atoms with Crippen molar-refractivity contribution < 1.29 is 14.3 Å². The van der Waals surface area contributed by atoms with Crippen LogP contribution in [0.15, 0.2) is 61.1 Å². The number of nitrogens with zero attached hydrogens (tertiary/aromatic N) is 3.